The molecule has 2 aromatic carbocycles. The lowest BCUT2D eigenvalue weighted by atomic mass is 9.74. The molecule has 2 aliphatic heterocycles. The molecule has 4 rings (SSSR count). The first-order valence-electron chi connectivity index (χ1n) is 8.93. The van der Waals surface area contributed by atoms with Gasteiger partial charge in [0, 0.05) is 11.6 Å². The molecular formula is C21H19NO6. The Morgan fingerprint density at radius 3 is 2.39 bits per heavy atom. The summed E-state index contributed by atoms with van der Waals surface area (Å²) in [4.78, 5) is 37.9. The molecule has 0 aromatic heterocycles. The van der Waals surface area contributed by atoms with E-state index in [-0.39, 0.29) is 18.4 Å². The smallest absolute Gasteiger partial charge is 0.310 e. The van der Waals surface area contributed by atoms with E-state index < -0.39 is 24.0 Å². The van der Waals surface area contributed by atoms with E-state index in [1.54, 1.807) is 31.4 Å². The van der Waals surface area contributed by atoms with Crippen LogP contribution in [0, 0.1) is 11.8 Å². The summed E-state index contributed by atoms with van der Waals surface area (Å²) >= 11 is 0. The zero-order valence-electron chi connectivity index (χ0n) is 15.2. The number of esters is 1. The van der Waals surface area contributed by atoms with Crippen molar-refractivity contribution in [2.45, 2.75) is 12.1 Å². The Bertz CT molecular complexity index is 882. The number of nitrogens with zero attached hydrogens (tertiary/aromatic N) is 1. The van der Waals surface area contributed by atoms with Crippen LogP contribution >= 0.6 is 0 Å². The molecule has 28 heavy (non-hydrogen) atoms. The van der Waals surface area contributed by atoms with Crippen LogP contribution in [0.4, 0.5) is 5.69 Å². The van der Waals surface area contributed by atoms with Crippen molar-refractivity contribution in [3.8, 4) is 5.75 Å². The van der Waals surface area contributed by atoms with Crippen LogP contribution in [0.5, 0.6) is 5.75 Å². The summed E-state index contributed by atoms with van der Waals surface area (Å²) in [7, 11) is 1.55. The maximum Gasteiger partial charge on any atom is 0.310 e. The maximum atomic E-state index is 13.0. The summed E-state index contributed by atoms with van der Waals surface area (Å²) < 4.78 is 15.6. The Balaban J connectivity index is 1.63. The quantitative estimate of drug-likeness (QED) is 0.433. The van der Waals surface area contributed by atoms with E-state index in [1.165, 1.54) is 4.90 Å². The monoisotopic (exact) mass is 381 g/mol. The second-order valence-electron chi connectivity index (χ2n) is 6.73. The number of benzene rings is 2. The largest absolute Gasteiger partial charge is 0.497 e. The van der Waals surface area contributed by atoms with E-state index in [0.29, 0.717) is 17.9 Å². The normalized spacial score (nSPS) is 26.4. The molecule has 0 N–H and O–H groups in total. The highest BCUT2D eigenvalue weighted by molar-refractivity contribution is 6.05. The SMILES string of the molecule is COc1ccc(N2C(=O)[C@@H](C3C(=O)OC[C@@H]3c3ccccc3)[C@H]2OC=O)cc1. The summed E-state index contributed by atoms with van der Waals surface area (Å²) in [6.07, 6.45) is -0.861. The number of ether oxygens (including phenoxy) is 3. The van der Waals surface area contributed by atoms with Crippen molar-refractivity contribution in [2.75, 3.05) is 18.6 Å². The van der Waals surface area contributed by atoms with Crippen molar-refractivity contribution in [3.05, 3.63) is 60.2 Å². The number of cyclic esters (lactones) is 1. The lowest BCUT2D eigenvalue weighted by Crippen LogP contribution is -2.65. The van der Waals surface area contributed by atoms with E-state index in [2.05, 4.69) is 0 Å². The molecule has 0 aliphatic carbocycles. The van der Waals surface area contributed by atoms with Gasteiger partial charge in [0.1, 0.15) is 11.7 Å². The van der Waals surface area contributed by atoms with Crippen LogP contribution in [0.2, 0.25) is 0 Å². The first kappa shape index (κ1) is 18.0. The standard InChI is InChI=1S/C21H19NO6/c1-26-15-9-7-14(8-10-15)22-19(24)18(20(22)28-12-23)17-16(11-27-21(17)25)13-5-3-2-4-6-13/h2-10,12,16-18,20H,11H2,1H3/t16-,17?,18-,20-/m1/s1. The number of amides is 1. The molecule has 0 bridgehead atoms. The molecule has 1 amide bonds. The zero-order chi connectivity index (χ0) is 19.7. The second kappa shape index (κ2) is 7.34. The Kier molecular flexibility index (Phi) is 4.73. The van der Waals surface area contributed by atoms with Crippen molar-refractivity contribution in [3.63, 3.8) is 0 Å². The molecule has 2 aromatic rings. The average molecular weight is 381 g/mol. The third-order valence-corrected chi connectivity index (χ3v) is 5.36. The maximum absolute atomic E-state index is 13.0. The van der Waals surface area contributed by atoms with E-state index in [9.17, 15) is 14.4 Å². The number of carbonyl (C=O) groups excluding carboxylic acids is 3. The van der Waals surface area contributed by atoms with Gasteiger partial charge in [-0.15, -0.1) is 0 Å². The molecule has 0 saturated carbocycles. The predicted molar refractivity (Wildman–Crippen MR) is 98.5 cm³/mol. The van der Waals surface area contributed by atoms with Crippen LogP contribution in [0.25, 0.3) is 0 Å². The van der Waals surface area contributed by atoms with E-state index in [1.807, 2.05) is 30.3 Å². The molecule has 2 fully saturated rings. The number of rotatable bonds is 6. The Labute approximate surface area is 161 Å². The Morgan fingerprint density at radius 1 is 1.04 bits per heavy atom. The van der Waals surface area contributed by atoms with Gasteiger partial charge < -0.3 is 14.2 Å². The summed E-state index contributed by atoms with van der Waals surface area (Å²) in [5, 5.41) is 0. The highest BCUT2D eigenvalue weighted by Gasteiger charge is 2.60. The third-order valence-electron chi connectivity index (χ3n) is 5.36. The van der Waals surface area contributed by atoms with Crippen molar-refractivity contribution in [1.29, 1.82) is 0 Å². The van der Waals surface area contributed by atoms with Crippen molar-refractivity contribution >= 4 is 24.0 Å². The highest BCUT2D eigenvalue weighted by atomic mass is 16.6. The number of anilines is 1. The number of β-lactam (4-membered cyclic amide) rings is 1. The lowest BCUT2D eigenvalue weighted by molar-refractivity contribution is -0.162. The van der Waals surface area contributed by atoms with Gasteiger partial charge in [-0.3, -0.25) is 19.3 Å². The average Bonchev–Trinajstić information content (AvgIpc) is 3.10. The number of methoxy groups -OCH3 is 1. The van der Waals surface area contributed by atoms with Gasteiger partial charge in [0.25, 0.3) is 6.47 Å². The summed E-state index contributed by atoms with van der Waals surface area (Å²) in [6, 6.07) is 16.3. The van der Waals surface area contributed by atoms with Crippen LogP contribution in [0.3, 0.4) is 0 Å². The summed E-state index contributed by atoms with van der Waals surface area (Å²) in [6.45, 7) is 0.506. The molecular weight excluding hydrogens is 362 g/mol. The van der Waals surface area contributed by atoms with Crippen LogP contribution in [-0.4, -0.2) is 38.3 Å². The fraction of sp³-hybridized carbons (Fsp3) is 0.286. The van der Waals surface area contributed by atoms with E-state index in [0.717, 1.165) is 5.56 Å². The van der Waals surface area contributed by atoms with Crippen LogP contribution in [-0.2, 0) is 23.9 Å². The van der Waals surface area contributed by atoms with Crippen LogP contribution in [0.15, 0.2) is 54.6 Å². The lowest BCUT2D eigenvalue weighted by Gasteiger charge is -2.47. The van der Waals surface area contributed by atoms with E-state index >= 15 is 0 Å². The zero-order valence-corrected chi connectivity index (χ0v) is 15.2. The molecule has 7 nitrogen and oxygen atoms in total. The van der Waals surface area contributed by atoms with Gasteiger partial charge in [-0.1, -0.05) is 30.3 Å². The number of carbonyl (C=O) groups is 3. The van der Waals surface area contributed by atoms with Crippen LogP contribution in [0.1, 0.15) is 11.5 Å². The predicted octanol–water partition coefficient (Wildman–Crippen LogP) is 2.11. The summed E-state index contributed by atoms with van der Waals surface area (Å²) in [5.74, 6) is -1.83. The molecule has 1 unspecified atom stereocenters. The minimum Gasteiger partial charge on any atom is -0.497 e. The van der Waals surface area contributed by atoms with Gasteiger partial charge in [-0.25, -0.2) is 0 Å². The molecule has 4 atom stereocenters. The summed E-state index contributed by atoms with van der Waals surface area (Å²) in [5.41, 5.74) is 1.48. The van der Waals surface area contributed by atoms with E-state index in [4.69, 9.17) is 14.2 Å². The fourth-order valence-corrected chi connectivity index (χ4v) is 3.97. The van der Waals surface area contributed by atoms with Crippen molar-refractivity contribution in [1.82, 2.24) is 0 Å². The van der Waals surface area contributed by atoms with Gasteiger partial charge in [0.2, 0.25) is 5.91 Å². The van der Waals surface area contributed by atoms with Crippen molar-refractivity contribution < 1.29 is 28.6 Å². The Hall–Kier alpha value is -3.35. The second-order valence-corrected chi connectivity index (χ2v) is 6.73. The fourth-order valence-electron chi connectivity index (χ4n) is 3.97. The molecule has 0 spiro atoms. The first-order valence-corrected chi connectivity index (χ1v) is 8.93. The van der Waals surface area contributed by atoms with Gasteiger partial charge >= 0.3 is 5.97 Å². The molecule has 0 radical (unpaired) electrons. The number of hydrogen-bond donors (Lipinski definition) is 0. The van der Waals surface area contributed by atoms with Gasteiger partial charge in [-0.05, 0) is 29.8 Å². The van der Waals surface area contributed by atoms with Crippen LogP contribution < -0.4 is 9.64 Å². The van der Waals surface area contributed by atoms with Gasteiger partial charge in [0.15, 0.2) is 6.23 Å². The third kappa shape index (κ3) is 2.89. The molecule has 144 valence electrons. The first-order chi connectivity index (χ1) is 13.7. The minimum absolute atomic E-state index is 0.202. The van der Waals surface area contributed by atoms with Crippen molar-refractivity contribution in [2.24, 2.45) is 11.8 Å². The Morgan fingerprint density at radius 2 is 1.75 bits per heavy atom. The minimum atomic E-state index is -0.861. The van der Waals surface area contributed by atoms with Gasteiger partial charge in [0.05, 0.1) is 19.6 Å². The topological polar surface area (TPSA) is 82.1 Å². The number of hydrogen-bond acceptors (Lipinski definition) is 6. The molecule has 7 heteroatoms. The molecule has 2 heterocycles. The highest BCUT2D eigenvalue weighted by Crippen LogP contribution is 2.46. The van der Waals surface area contributed by atoms with Gasteiger partial charge in [-0.2, -0.15) is 0 Å². The molecule has 2 saturated heterocycles. The molecule has 2 aliphatic rings.